The molecule has 0 atom stereocenters. The zero-order valence-corrected chi connectivity index (χ0v) is 18.0. The molecule has 142 valence electrons. The van der Waals surface area contributed by atoms with Crippen molar-refractivity contribution in [2.45, 2.75) is 39.2 Å². The van der Waals surface area contributed by atoms with Crippen LogP contribution in [0.3, 0.4) is 0 Å². The Hall–Kier alpha value is -1.02. The first-order chi connectivity index (χ1) is 11.7. The molecular formula is C19H32IN3O2. The van der Waals surface area contributed by atoms with Crippen molar-refractivity contribution in [2.24, 2.45) is 10.4 Å². The summed E-state index contributed by atoms with van der Waals surface area (Å²) < 4.78 is 10.7. The Morgan fingerprint density at radius 3 is 2.64 bits per heavy atom. The van der Waals surface area contributed by atoms with Crippen LogP contribution in [0.25, 0.3) is 0 Å². The van der Waals surface area contributed by atoms with Gasteiger partial charge in [-0.15, -0.1) is 24.0 Å². The number of methoxy groups -OCH3 is 1. The third-order valence-corrected chi connectivity index (χ3v) is 4.93. The number of aliphatic imine (C=N–C) groups is 1. The smallest absolute Gasteiger partial charge is 0.191 e. The van der Waals surface area contributed by atoms with Gasteiger partial charge < -0.3 is 20.1 Å². The van der Waals surface area contributed by atoms with Gasteiger partial charge in [0.2, 0.25) is 0 Å². The molecule has 0 heterocycles. The molecular weight excluding hydrogens is 429 g/mol. The van der Waals surface area contributed by atoms with Gasteiger partial charge in [0.1, 0.15) is 12.4 Å². The Morgan fingerprint density at radius 1 is 1.24 bits per heavy atom. The number of nitrogens with zero attached hydrogens (tertiary/aromatic N) is 1. The molecule has 6 heteroatoms. The standard InChI is InChI=1S/C19H31N3O2.HI/c1-4-19(9-6-10-19)15-22-18(20-2)21-14-16-7-5-8-17(13-16)24-12-11-23-3;/h5,7-8,13H,4,6,9-12,14-15H2,1-3H3,(H2,20,21,22);1H. The lowest BCUT2D eigenvalue weighted by molar-refractivity contribution is 0.131. The van der Waals surface area contributed by atoms with Crippen LogP contribution in [0, 0.1) is 5.41 Å². The summed E-state index contributed by atoms with van der Waals surface area (Å²) in [6.07, 6.45) is 5.25. The quantitative estimate of drug-likeness (QED) is 0.256. The van der Waals surface area contributed by atoms with Crippen LogP contribution in [0.1, 0.15) is 38.2 Å². The number of guanidine groups is 1. The summed E-state index contributed by atoms with van der Waals surface area (Å²) in [4.78, 5) is 4.33. The number of ether oxygens (including phenoxy) is 2. The van der Waals surface area contributed by atoms with E-state index in [9.17, 15) is 0 Å². The second kappa shape index (κ2) is 11.6. The predicted molar refractivity (Wildman–Crippen MR) is 114 cm³/mol. The molecule has 0 bridgehead atoms. The summed E-state index contributed by atoms with van der Waals surface area (Å²) in [5.41, 5.74) is 1.65. The third kappa shape index (κ3) is 7.01. The molecule has 2 rings (SSSR count). The molecule has 0 unspecified atom stereocenters. The topological polar surface area (TPSA) is 54.9 Å². The number of rotatable bonds is 9. The van der Waals surface area contributed by atoms with Crippen LogP contribution in [-0.4, -0.2) is 39.9 Å². The van der Waals surface area contributed by atoms with Crippen molar-refractivity contribution in [3.8, 4) is 5.75 Å². The van der Waals surface area contributed by atoms with E-state index in [1.54, 1.807) is 7.11 Å². The molecule has 2 N–H and O–H groups in total. The maximum Gasteiger partial charge on any atom is 0.191 e. The monoisotopic (exact) mass is 461 g/mol. The molecule has 25 heavy (non-hydrogen) atoms. The van der Waals surface area contributed by atoms with Gasteiger partial charge in [0.05, 0.1) is 6.61 Å². The number of halogens is 1. The van der Waals surface area contributed by atoms with E-state index >= 15 is 0 Å². The van der Waals surface area contributed by atoms with Crippen molar-refractivity contribution in [1.29, 1.82) is 0 Å². The van der Waals surface area contributed by atoms with Gasteiger partial charge in [0.25, 0.3) is 0 Å². The summed E-state index contributed by atoms with van der Waals surface area (Å²) in [7, 11) is 3.49. The van der Waals surface area contributed by atoms with Crippen LogP contribution >= 0.6 is 24.0 Å². The lowest BCUT2D eigenvalue weighted by Gasteiger charge is -2.41. The van der Waals surface area contributed by atoms with E-state index in [1.807, 2.05) is 19.2 Å². The van der Waals surface area contributed by atoms with Crippen LogP contribution in [0.2, 0.25) is 0 Å². The fourth-order valence-electron chi connectivity index (χ4n) is 3.00. The molecule has 0 aromatic heterocycles. The minimum Gasteiger partial charge on any atom is -0.491 e. The highest BCUT2D eigenvalue weighted by atomic mass is 127. The van der Waals surface area contributed by atoms with E-state index in [4.69, 9.17) is 9.47 Å². The lowest BCUT2D eigenvalue weighted by atomic mass is 9.67. The van der Waals surface area contributed by atoms with Crippen LogP contribution in [0.15, 0.2) is 29.3 Å². The van der Waals surface area contributed by atoms with Crippen LogP contribution < -0.4 is 15.4 Å². The number of benzene rings is 1. The van der Waals surface area contributed by atoms with Gasteiger partial charge in [-0.1, -0.05) is 25.5 Å². The van der Waals surface area contributed by atoms with Crippen molar-refractivity contribution in [3.63, 3.8) is 0 Å². The molecule has 1 aliphatic carbocycles. The highest BCUT2D eigenvalue weighted by molar-refractivity contribution is 14.0. The van der Waals surface area contributed by atoms with Gasteiger partial charge in [-0.25, -0.2) is 0 Å². The van der Waals surface area contributed by atoms with Gasteiger partial charge in [0.15, 0.2) is 5.96 Å². The molecule has 5 nitrogen and oxygen atoms in total. The molecule has 0 spiro atoms. The maximum absolute atomic E-state index is 5.65. The van der Waals surface area contributed by atoms with Gasteiger partial charge in [0, 0.05) is 27.2 Å². The number of hydrogen-bond acceptors (Lipinski definition) is 3. The zero-order valence-electron chi connectivity index (χ0n) is 15.6. The Bertz CT molecular complexity index is 528. The van der Waals surface area contributed by atoms with E-state index < -0.39 is 0 Å². The molecule has 0 aliphatic heterocycles. The zero-order chi connectivity index (χ0) is 17.3. The highest BCUT2D eigenvalue weighted by Gasteiger charge is 2.34. The maximum atomic E-state index is 5.65. The van der Waals surface area contributed by atoms with Crippen LogP contribution in [0.5, 0.6) is 5.75 Å². The third-order valence-electron chi connectivity index (χ3n) is 4.93. The van der Waals surface area contributed by atoms with Crippen molar-refractivity contribution in [3.05, 3.63) is 29.8 Å². The summed E-state index contributed by atoms with van der Waals surface area (Å²) in [5.74, 6) is 1.73. The van der Waals surface area contributed by atoms with Crippen molar-refractivity contribution >= 4 is 29.9 Å². The molecule has 0 saturated heterocycles. The Labute approximate surface area is 169 Å². The number of hydrogen-bond donors (Lipinski definition) is 2. The van der Waals surface area contributed by atoms with E-state index in [2.05, 4.69) is 34.7 Å². The predicted octanol–water partition coefficient (Wildman–Crippen LogP) is 3.58. The summed E-state index contributed by atoms with van der Waals surface area (Å²) >= 11 is 0. The molecule has 1 saturated carbocycles. The second-order valence-corrected chi connectivity index (χ2v) is 6.48. The highest BCUT2D eigenvalue weighted by Crippen LogP contribution is 2.42. The van der Waals surface area contributed by atoms with Gasteiger partial charge in [-0.05, 0) is 42.4 Å². The van der Waals surface area contributed by atoms with E-state index in [1.165, 1.54) is 31.2 Å². The molecule has 1 aromatic rings. The van der Waals surface area contributed by atoms with Crippen molar-refractivity contribution < 1.29 is 9.47 Å². The average molecular weight is 461 g/mol. The second-order valence-electron chi connectivity index (χ2n) is 6.48. The Morgan fingerprint density at radius 2 is 2.04 bits per heavy atom. The number of nitrogens with one attached hydrogen (secondary N) is 2. The van der Waals surface area contributed by atoms with E-state index in [-0.39, 0.29) is 24.0 Å². The summed E-state index contributed by atoms with van der Waals surface area (Å²) in [6, 6.07) is 8.11. The van der Waals surface area contributed by atoms with E-state index in [0.29, 0.717) is 18.6 Å². The minimum absolute atomic E-state index is 0. The molecule has 1 aromatic carbocycles. The largest absolute Gasteiger partial charge is 0.491 e. The fourth-order valence-corrected chi connectivity index (χ4v) is 3.00. The van der Waals surface area contributed by atoms with Crippen molar-refractivity contribution in [1.82, 2.24) is 10.6 Å². The first-order valence-electron chi connectivity index (χ1n) is 8.86. The Balaban J connectivity index is 0.00000312. The van der Waals surface area contributed by atoms with Gasteiger partial charge in [-0.3, -0.25) is 4.99 Å². The summed E-state index contributed by atoms with van der Waals surface area (Å²) in [5, 5.41) is 6.86. The molecule has 1 fully saturated rings. The molecule has 0 radical (unpaired) electrons. The Kier molecular flexibility index (Phi) is 10.2. The van der Waals surface area contributed by atoms with Gasteiger partial charge >= 0.3 is 0 Å². The van der Waals surface area contributed by atoms with Gasteiger partial charge in [-0.2, -0.15) is 0 Å². The fraction of sp³-hybridized carbons (Fsp3) is 0.632. The first kappa shape index (κ1) is 22.0. The molecule has 1 aliphatic rings. The normalized spacial score (nSPS) is 15.7. The molecule has 0 amide bonds. The van der Waals surface area contributed by atoms with Crippen LogP contribution in [-0.2, 0) is 11.3 Å². The first-order valence-corrected chi connectivity index (χ1v) is 8.86. The average Bonchev–Trinajstić information content (AvgIpc) is 2.57. The minimum atomic E-state index is 0. The van der Waals surface area contributed by atoms with Crippen molar-refractivity contribution in [2.75, 3.05) is 33.9 Å². The SMILES string of the molecule is CCC1(CNC(=NC)NCc2cccc(OCCOC)c2)CCC1.I. The summed E-state index contributed by atoms with van der Waals surface area (Å²) in [6.45, 7) is 5.17. The van der Waals surface area contributed by atoms with E-state index in [0.717, 1.165) is 24.8 Å². The lowest BCUT2D eigenvalue weighted by Crippen LogP contribution is -2.46. The van der Waals surface area contributed by atoms with Crippen LogP contribution in [0.4, 0.5) is 0 Å².